The van der Waals surface area contributed by atoms with Gasteiger partial charge in [0.2, 0.25) is 0 Å². The molecule has 1 aliphatic heterocycles. The minimum absolute atomic E-state index is 0.287. The summed E-state index contributed by atoms with van der Waals surface area (Å²) in [5.74, 6) is -0.734. The van der Waals surface area contributed by atoms with Crippen molar-refractivity contribution in [3.63, 3.8) is 0 Å². The predicted molar refractivity (Wildman–Crippen MR) is 55.9 cm³/mol. The van der Waals surface area contributed by atoms with Crippen LogP contribution in [0, 0.1) is 0 Å². The van der Waals surface area contributed by atoms with Gasteiger partial charge in [0.25, 0.3) is 0 Å². The van der Waals surface area contributed by atoms with Gasteiger partial charge in [0.15, 0.2) is 7.62 Å². The topological polar surface area (TPSA) is 131 Å². The number of aliphatic hydroxyl groups is 3. The van der Waals surface area contributed by atoms with Gasteiger partial charge in [0.1, 0.15) is 24.1 Å². The van der Waals surface area contributed by atoms with Crippen LogP contribution in [0.15, 0.2) is 17.0 Å². The zero-order chi connectivity index (χ0) is 20.5. The van der Waals surface area contributed by atoms with Crippen molar-refractivity contribution in [3.8, 4) is 0 Å². The minimum Gasteiger partial charge on any atom is -0.394 e. The van der Waals surface area contributed by atoms with Crippen LogP contribution in [0.25, 0.3) is 0 Å². The number of nitrogens with zero attached hydrogens (tertiary/aromatic N) is 2. The van der Waals surface area contributed by atoms with E-state index < -0.39 is 54.7 Å². The van der Waals surface area contributed by atoms with Crippen LogP contribution in [0.4, 0.5) is 5.82 Å². The molecule has 2 heterocycles. The van der Waals surface area contributed by atoms with Crippen molar-refractivity contribution >= 4 is 5.82 Å². The molecule has 2 rings (SSSR count). The molecule has 1 aromatic rings. The molecule has 0 bridgehead atoms. The van der Waals surface area contributed by atoms with Gasteiger partial charge in [0, 0.05) is 6.17 Å². The largest absolute Gasteiger partial charge is 0.394 e. The number of rotatable bonds is 3. The lowest BCUT2D eigenvalue weighted by molar-refractivity contribution is -0.0549. The maximum atomic E-state index is 12.1. The number of anilines is 1. The van der Waals surface area contributed by atoms with Crippen molar-refractivity contribution in [2.75, 3.05) is 12.3 Å². The van der Waals surface area contributed by atoms with Crippen LogP contribution in [0.1, 0.15) is 17.2 Å². The SMILES string of the molecule is [2H]Nc1nc(=O)n([C@]2([2H])O[C@]([2H])(C([2H])([2H])O)[C@@]([2H])(O)[C@@]2([2H])O)c([2H])c1[2H]. The number of nitrogens with two attached hydrogens (primary N) is 1. The van der Waals surface area contributed by atoms with Crippen LogP contribution in [0.2, 0.25) is 1.41 Å². The van der Waals surface area contributed by atoms with E-state index in [4.69, 9.17) is 12.4 Å². The van der Waals surface area contributed by atoms with Gasteiger partial charge >= 0.3 is 5.69 Å². The van der Waals surface area contributed by atoms with Gasteiger partial charge in [-0.05, 0) is 6.04 Å². The first kappa shape index (κ1) is 5.02. The average Bonchev–Trinajstić information content (AvgIpc) is 2.59. The highest BCUT2D eigenvalue weighted by Crippen LogP contribution is 2.27. The second-order valence-electron chi connectivity index (χ2n) is 2.86. The van der Waals surface area contributed by atoms with Crippen molar-refractivity contribution in [1.82, 2.24) is 9.55 Å². The summed E-state index contributed by atoms with van der Waals surface area (Å²) in [5.41, 5.74) is -0.0849. The molecule has 1 saturated heterocycles. The summed E-state index contributed by atoms with van der Waals surface area (Å²) in [6.07, 6.45) is -16.9. The Morgan fingerprint density at radius 3 is 3.12 bits per heavy atom. The summed E-state index contributed by atoms with van der Waals surface area (Å²) in [5, 5.41) is 29.7. The normalized spacial score (nSPS) is 58.4. The molecule has 5 N–H and O–H groups in total. The van der Waals surface area contributed by atoms with Gasteiger partial charge in [-0.25, -0.2) is 4.79 Å². The fourth-order valence-corrected chi connectivity index (χ4v) is 1.10. The second-order valence-corrected chi connectivity index (χ2v) is 2.86. The third-order valence-corrected chi connectivity index (χ3v) is 1.83. The van der Waals surface area contributed by atoms with Gasteiger partial charge in [-0.15, -0.1) is 0 Å². The Balaban J connectivity index is 2.87. The minimum atomic E-state index is -4.04. The molecular weight excluding hydrogens is 230 g/mol. The average molecular weight is 252 g/mol. The van der Waals surface area contributed by atoms with Crippen LogP contribution in [-0.4, -0.2) is 49.7 Å². The van der Waals surface area contributed by atoms with E-state index in [2.05, 4.69) is 9.72 Å². The molecule has 8 heteroatoms. The fourth-order valence-electron chi connectivity index (χ4n) is 1.10. The monoisotopic (exact) mass is 252 g/mol. The van der Waals surface area contributed by atoms with Crippen molar-refractivity contribution < 1.29 is 32.4 Å². The maximum absolute atomic E-state index is 12.1. The van der Waals surface area contributed by atoms with Crippen molar-refractivity contribution in [3.05, 3.63) is 22.7 Å². The summed E-state index contributed by atoms with van der Waals surface area (Å²) in [6, 6.07) is -0.978. The van der Waals surface area contributed by atoms with E-state index in [1.54, 1.807) is 5.73 Å². The molecule has 0 aromatic carbocycles. The van der Waals surface area contributed by atoms with E-state index in [0.29, 0.717) is 0 Å². The Hall–Kier alpha value is -1.48. The van der Waals surface area contributed by atoms with Crippen LogP contribution < -0.4 is 11.4 Å². The molecule has 94 valence electrons. The molecule has 0 amide bonds. The van der Waals surface area contributed by atoms with Crippen LogP contribution in [0.5, 0.6) is 0 Å². The van der Waals surface area contributed by atoms with Gasteiger partial charge in [-0.3, -0.25) is 4.57 Å². The lowest BCUT2D eigenvalue weighted by Gasteiger charge is -2.16. The number of hydrogen-bond acceptors (Lipinski definition) is 7. The van der Waals surface area contributed by atoms with Crippen molar-refractivity contribution in [2.45, 2.75) is 24.4 Å². The molecule has 0 saturated carbocycles. The first-order valence-corrected chi connectivity index (χ1v) is 4.15. The number of aromatic nitrogens is 2. The highest BCUT2D eigenvalue weighted by Gasteiger charge is 2.43. The quantitative estimate of drug-likeness (QED) is 0.465. The molecule has 0 spiro atoms. The molecule has 17 heavy (non-hydrogen) atoms. The number of nitrogen functional groups attached to an aromatic ring is 1. The van der Waals surface area contributed by atoms with Gasteiger partial charge in [-0.2, -0.15) is 4.98 Å². The summed E-state index contributed by atoms with van der Waals surface area (Å²) in [4.78, 5) is 15.2. The molecule has 8 nitrogen and oxygen atoms in total. The molecule has 1 fully saturated rings. The number of hydrogen-bond donors (Lipinski definition) is 4. The Morgan fingerprint density at radius 1 is 1.76 bits per heavy atom. The Bertz CT molecular complexity index is 811. The Kier molecular flexibility index (Phi) is 1.30. The highest BCUT2D eigenvalue weighted by atomic mass is 16.6. The van der Waals surface area contributed by atoms with E-state index >= 15 is 0 Å². The summed E-state index contributed by atoms with van der Waals surface area (Å²) in [7, 11) is 0. The van der Waals surface area contributed by atoms with E-state index in [9.17, 15) is 20.1 Å². The Morgan fingerprint density at radius 2 is 2.53 bits per heavy atom. The van der Waals surface area contributed by atoms with E-state index in [1.165, 1.54) is 0 Å². The van der Waals surface area contributed by atoms with Crippen molar-refractivity contribution in [2.24, 2.45) is 0 Å². The predicted octanol–water partition coefficient (Wildman–Crippen LogP) is -2.56. The van der Waals surface area contributed by atoms with Gasteiger partial charge < -0.3 is 25.8 Å². The lowest BCUT2D eigenvalue weighted by atomic mass is 10.1. The first-order chi connectivity index (χ1) is 11.5. The summed E-state index contributed by atoms with van der Waals surface area (Å²) < 4.78 is 71.7. The van der Waals surface area contributed by atoms with Crippen LogP contribution >= 0.6 is 0 Å². The maximum Gasteiger partial charge on any atom is 0.351 e. The fraction of sp³-hybridized carbons (Fsp3) is 0.556. The lowest BCUT2D eigenvalue weighted by Crippen LogP contribution is -2.36. The van der Waals surface area contributed by atoms with E-state index in [1.807, 2.05) is 0 Å². The molecule has 4 atom stereocenters. The zero-order valence-electron chi connectivity index (χ0n) is 17.1. The summed E-state index contributed by atoms with van der Waals surface area (Å²) >= 11 is 0. The zero-order valence-corrected chi connectivity index (χ0v) is 8.05. The molecule has 0 radical (unpaired) electrons. The third-order valence-electron chi connectivity index (χ3n) is 1.83. The van der Waals surface area contributed by atoms with Crippen LogP contribution in [0.3, 0.4) is 0 Å². The molecular formula is C9H13N3O5. The van der Waals surface area contributed by atoms with E-state index in [0.717, 1.165) is 0 Å². The molecule has 0 aliphatic carbocycles. The molecule has 0 unspecified atom stereocenters. The standard InChI is InChI=1S/C9H13N3O5/c10-5-1-2-12(9(16)11-5)8-7(15)6(14)4(3-13)17-8/h1-2,4,6-8,13-15H,3H2,(H2,10,11,16)/t4-,6-,7-,8-/m1/s1/i1D,2D,3D2,4D,6D,7D,8D/hD. The third kappa shape index (κ3) is 2.03. The van der Waals surface area contributed by atoms with Crippen molar-refractivity contribution in [1.29, 1.82) is 0 Å². The first-order valence-electron chi connectivity index (χ1n) is 8.65. The van der Waals surface area contributed by atoms with E-state index in [-0.39, 0.29) is 4.57 Å². The number of ether oxygens (including phenoxy) is 1. The van der Waals surface area contributed by atoms with Gasteiger partial charge in [-0.1, -0.05) is 0 Å². The smallest absolute Gasteiger partial charge is 0.351 e. The Labute approximate surface area is 109 Å². The van der Waals surface area contributed by atoms with Crippen LogP contribution in [-0.2, 0) is 4.74 Å². The summed E-state index contributed by atoms with van der Waals surface area (Å²) in [6.45, 7) is -3.91. The second kappa shape index (κ2) is 4.41. The molecule has 1 aliphatic rings. The highest BCUT2D eigenvalue weighted by molar-refractivity contribution is 5.23. The van der Waals surface area contributed by atoms with Gasteiger partial charge in [0.05, 0.1) is 17.5 Å². The molecule has 1 aromatic heterocycles.